The van der Waals surface area contributed by atoms with Gasteiger partial charge >= 0.3 is 5.97 Å². The van der Waals surface area contributed by atoms with E-state index in [1.807, 2.05) is 29.2 Å². The van der Waals surface area contributed by atoms with Crippen LogP contribution in [0.2, 0.25) is 0 Å². The van der Waals surface area contributed by atoms with Crippen LogP contribution < -0.4 is 5.32 Å². The lowest BCUT2D eigenvalue weighted by Gasteiger charge is -2.33. The summed E-state index contributed by atoms with van der Waals surface area (Å²) in [6.45, 7) is 4.93. The normalized spacial score (nSPS) is 20.8. The number of fused-ring (bicyclic) bond motifs is 2. The number of aliphatic carboxylic acids is 1. The van der Waals surface area contributed by atoms with Gasteiger partial charge in [0.1, 0.15) is 12.4 Å². The van der Waals surface area contributed by atoms with Gasteiger partial charge in [0.2, 0.25) is 0 Å². The molecular weight excluding hydrogens is 394 g/mol. The van der Waals surface area contributed by atoms with Gasteiger partial charge in [0.25, 0.3) is 5.91 Å². The van der Waals surface area contributed by atoms with E-state index in [0.717, 1.165) is 61.5 Å². The van der Waals surface area contributed by atoms with Crippen LogP contribution in [-0.4, -0.2) is 66.1 Å². The van der Waals surface area contributed by atoms with Crippen molar-refractivity contribution in [3.63, 3.8) is 0 Å². The summed E-state index contributed by atoms with van der Waals surface area (Å²) in [5, 5.41) is 11.8. The van der Waals surface area contributed by atoms with Crippen molar-refractivity contribution < 1.29 is 19.4 Å². The SMILES string of the molecule is O=C(O)CN1CCN(CCc2ccc3c(c2)CO/C3=C2/C(=O)Nc3ccccc32)CC1. The van der Waals surface area contributed by atoms with Crippen LogP contribution in [0, 0.1) is 0 Å². The predicted molar refractivity (Wildman–Crippen MR) is 117 cm³/mol. The minimum absolute atomic E-state index is 0.116. The standard InChI is InChI=1S/C24H25N3O4/c28-21(29)14-27-11-9-26(10-12-27)8-7-16-5-6-18-17(13-16)15-31-23(18)22-19-3-1-2-4-20(19)25-24(22)30/h1-6,13H,7-12,14-15H2,(H,25,30)(H,28,29)/b23-22+. The molecule has 2 aromatic carbocycles. The first-order valence-electron chi connectivity index (χ1n) is 10.6. The fourth-order valence-corrected chi connectivity index (χ4v) is 4.57. The van der Waals surface area contributed by atoms with Crippen LogP contribution in [0.1, 0.15) is 22.3 Å². The molecule has 7 nitrogen and oxygen atoms in total. The average Bonchev–Trinajstić information content (AvgIpc) is 3.32. The highest BCUT2D eigenvalue weighted by molar-refractivity contribution is 6.36. The highest BCUT2D eigenvalue weighted by atomic mass is 16.5. The van der Waals surface area contributed by atoms with E-state index in [1.54, 1.807) is 0 Å². The largest absolute Gasteiger partial charge is 0.487 e. The number of carboxylic acid groups (broad SMARTS) is 1. The predicted octanol–water partition coefficient (Wildman–Crippen LogP) is 2.28. The van der Waals surface area contributed by atoms with Gasteiger partial charge in [-0.3, -0.25) is 14.5 Å². The molecule has 1 saturated heterocycles. The van der Waals surface area contributed by atoms with E-state index in [2.05, 4.69) is 28.4 Å². The molecule has 1 fully saturated rings. The number of nitrogens with zero attached hydrogens (tertiary/aromatic N) is 2. The number of piperazine rings is 1. The Kier molecular flexibility index (Phi) is 5.21. The highest BCUT2D eigenvalue weighted by Crippen LogP contribution is 2.41. The number of hydrogen-bond acceptors (Lipinski definition) is 5. The van der Waals surface area contributed by atoms with Crippen molar-refractivity contribution in [1.29, 1.82) is 0 Å². The summed E-state index contributed by atoms with van der Waals surface area (Å²) in [4.78, 5) is 27.8. The second-order valence-corrected chi connectivity index (χ2v) is 8.25. The minimum Gasteiger partial charge on any atom is -0.487 e. The van der Waals surface area contributed by atoms with Crippen LogP contribution >= 0.6 is 0 Å². The van der Waals surface area contributed by atoms with Gasteiger partial charge in [0.15, 0.2) is 0 Å². The number of anilines is 1. The minimum atomic E-state index is -0.762. The second-order valence-electron chi connectivity index (χ2n) is 8.25. The summed E-state index contributed by atoms with van der Waals surface area (Å²) >= 11 is 0. The number of rotatable bonds is 5. The lowest BCUT2D eigenvalue weighted by molar-refractivity contribution is -0.138. The smallest absolute Gasteiger partial charge is 0.317 e. The van der Waals surface area contributed by atoms with E-state index in [1.165, 1.54) is 5.56 Å². The third kappa shape index (κ3) is 3.94. The zero-order chi connectivity index (χ0) is 21.4. The Morgan fingerprint density at radius 2 is 1.81 bits per heavy atom. The van der Waals surface area contributed by atoms with Crippen LogP contribution in [0.3, 0.4) is 0 Å². The number of benzene rings is 2. The number of carboxylic acids is 1. The fraction of sp³-hybridized carbons (Fsp3) is 0.333. The van der Waals surface area contributed by atoms with Gasteiger partial charge in [-0.1, -0.05) is 36.4 Å². The van der Waals surface area contributed by atoms with Crippen LogP contribution in [0.25, 0.3) is 11.3 Å². The van der Waals surface area contributed by atoms with E-state index in [9.17, 15) is 9.59 Å². The third-order valence-electron chi connectivity index (χ3n) is 6.23. The summed E-state index contributed by atoms with van der Waals surface area (Å²) in [7, 11) is 0. The number of para-hydroxylation sites is 1. The Balaban J connectivity index is 1.27. The van der Waals surface area contributed by atoms with Crippen LogP contribution in [0.15, 0.2) is 42.5 Å². The third-order valence-corrected chi connectivity index (χ3v) is 6.23. The number of carbonyl (C=O) groups is 2. The molecule has 2 N–H and O–H groups in total. The van der Waals surface area contributed by atoms with Crippen molar-refractivity contribution in [2.75, 3.05) is 44.6 Å². The first-order chi connectivity index (χ1) is 15.1. The lowest BCUT2D eigenvalue weighted by atomic mass is 9.98. The molecule has 2 aromatic rings. The molecule has 0 aliphatic carbocycles. The van der Waals surface area contributed by atoms with Crippen molar-refractivity contribution in [1.82, 2.24) is 9.80 Å². The number of carbonyl (C=O) groups excluding carboxylic acids is 1. The van der Waals surface area contributed by atoms with Crippen molar-refractivity contribution in [3.8, 4) is 0 Å². The van der Waals surface area contributed by atoms with Crippen molar-refractivity contribution in [2.45, 2.75) is 13.0 Å². The number of amides is 1. The van der Waals surface area contributed by atoms with Crippen LogP contribution in [0.5, 0.6) is 0 Å². The molecule has 5 rings (SSSR count). The Hall–Kier alpha value is -3.16. The molecule has 160 valence electrons. The van der Waals surface area contributed by atoms with Crippen molar-refractivity contribution >= 4 is 28.9 Å². The first kappa shape index (κ1) is 19.8. The van der Waals surface area contributed by atoms with Gasteiger partial charge in [-0.15, -0.1) is 0 Å². The quantitative estimate of drug-likeness (QED) is 0.724. The highest BCUT2D eigenvalue weighted by Gasteiger charge is 2.32. The maximum absolute atomic E-state index is 12.6. The topological polar surface area (TPSA) is 82.1 Å². The molecule has 7 heteroatoms. The van der Waals surface area contributed by atoms with E-state index < -0.39 is 5.97 Å². The Bertz CT molecular complexity index is 1070. The van der Waals surface area contributed by atoms with Gasteiger partial charge in [0, 0.05) is 55.1 Å². The van der Waals surface area contributed by atoms with Crippen molar-refractivity contribution in [2.24, 2.45) is 0 Å². The van der Waals surface area contributed by atoms with Gasteiger partial charge in [-0.2, -0.15) is 0 Å². The number of nitrogens with one attached hydrogen (secondary N) is 1. The lowest BCUT2D eigenvalue weighted by Crippen LogP contribution is -2.48. The van der Waals surface area contributed by atoms with Gasteiger partial charge < -0.3 is 20.1 Å². The van der Waals surface area contributed by atoms with Gasteiger partial charge in [-0.25, -0.2) is 0 Å². The molecule has 31 heavy (non-hydrogen) atoms. The summed E-state index contributed by atoms with van der Waals surface area (Å²) in [6.07, 6.45) is 0.932. The molecule has 3 aliphatic heterocycles. The van der Waals surface area contributed by atoms with E-state index >= 15 is 0 Å². The summed E-state index contributed by atoms with van der Waals surface area (Å²) in [6, 6.07) is 14.1. The monoisotopic (exact) mass is 419 g/mol. The zero-order valence-electron chi connectivity index (χ0n) is 17.3. The molecule has 0 atom stereocenters. The number of ether oxygens (including phenoxy) is 1. The molecular formula is C24H25N3O4. The first-order valence-corrected chi connectivity index (χ1v) is 10.6. The maximum Gasteiger partial charge on any atom is 0.317 e. The Morgan fingerprint density at radius 3 is 2.61 bits per heavy atom. The van der Waals surface area contributed by atoms with Gasteiger partial charge in [0.05, 0.1) is 12.1 Å². The van der Waals surface area contributed by atoms with Gasteiger partial charge in [-0.05, 0) is 18.1 Å². The average molecular weight is 419 g/mol. The van der Waals surface area contributed by atoms with E-state index in [-0.39, 0.29) is 12.5 Å². The molecule has 0 unspecified atom stereocenters. The number of hydrogen-bond donors (Lipinski definition) is 2. The van der Waals surface area contributed by atoms with Crippen LogP contribution in [-0.2, 0) is 27.4 Å². The van der Waals surface area contributed by atoms with E-state index in [4.69, 9.17) is 9.84 Å². The summed E-state index contributed by atoms with van der Waals surface area (Å²) < 4.78 is 5.98. The molecule has 3 heterocycles. The molecule has 3 aliphatic rings. The molecule has 0 radical (unpaired) electrons. The summed E-state index contributed by atoms with van der Waals surface area (Å²) in [5.41, 5.74) is 5.68. The second kappa shape index (κ2) is 8.17. The molecule has 0 aromatic heterocycles. The fourth-order valence-electron chi connectivity index (χ4n) is 4.57. The molecule has 0 bridgehead atoms. The zero-order valence-corrected chi connectivity index (χ0v) is 17.3. The Labute approximate surface area is 180 Å². The molecule has 1 amide bonds. The van der Waals surface area contributed by atoms with Crippen molar-refractivity contribution in [3.05, 3.63) is 64.7 Å². The Morgan fingerprint density at radius 1 is 1.03 bits per heavy atom. The molecule has 0 saturated carbocycles. The van der Waals surface area contributed by atoms with Crippen LogP contribution in [0.4, 0.5) is 5.69 Å². The molecule has 0 spiro atoms. The van der Waals surface area contributed by atoms with E-state index in [0.29, 0.717) is 17.9 Å². The summed E-state index contributed by atoms with van der Waals surface area (Å²) in [5.74, 6) is -0.213. The maximum atomic E-state index is 12.6.